The average Bonchev–Trinajstić information content (AvgIpc) is 2.28. The number of rotatable bonds is 3. The van der Waals surface area contributed by atoms with E-state index in [4.69, 9.17) is 9.47 Å². The molecule has 4 nitrogen and oxygen atoms in total. The fourth-order valence-corrected chi connectivity index (χ4v) is 1.91. The third kappa shape index (κ3) is 3.94. The Morgan fingerprint density at radius 3 is 3.00 bits per heavy atom. The number of hydrogen-bond donors (Lipinski definition) is 1. The number of hydrogen-bond acceptors (Lipinski definition) is 4. The van der Waals surface area contributed by atoms with Gasteiger partial charge in [-0.3, -0.25) is 0 Å². The van der Waals surface area contributed by atoms with Crippen molar-refractivity contribution in [1.82, 2.24) is 4.98 Å². The summed E-state index contributed by atoms with van der Waals surface area (Å²) in [6.45, 7) is 6.03. The van der Waals surface area contributed by atoms with Gasteiger partial charge in [0.2, 0.25) is 0 Å². The summed E-state index contributed by atoms with van der Waals surface area (Å²) in [5.41, 5.74) is -0.162. The highest BCUT2D eigenvalue weighted by Gasteiger charge is 2.28. The normalized spacial score (nSPS) is 23.4. The summed E-state index contributed by atoms with van der Waals surface area (Å²) in [5, 5.41) is 3.24. The molecule has 1 aliphatic heterocycles. The molecule has 1 saturated heterocycles. The van der Waals surface area contributed by atoms with Crippen LogP contribution in [0, 0.1) is 0 Å². The molecule has 1 fully saturated rings. The third-order valence-corrected chi connectivity index (χ3v) is 2.99. The van der Waals surface area contributed by atoms with E-state index < -0.39 is 0 Å². The fraction of sp³-hybridized carbons (Fsp3) is 0.583. The molecule has 0 spiro atoms. The van der Waals surface area contributed by atoms with Crippen LogP contribution in [0.3, 0.4) is 0 Å². The molecule has 1 aromatic heterocycles. The van der Waals surface area contributed by atoms with E-state index in [0.717, 1.165) is 10.4 Å². The summed E-state index contributed by atoms with van der Waals surface area (Å²) in [7, 11) is 0. The van der Waals surface area contributed by atoms with Gasteiger partial charge in [0.25, 0.3) is 0 Å². The van der Waals surface area contributed by atoms with Gasteiger partial charge in [0.1, 0.15) is 10.4 Å². The summed E-state index contributed by atoms with van der Waals surface area (Å²) in [5.74, 6) is 0.841. The number of aromatic nitrogens is 1. The van der Waals surface area contributed by atoms with Crippen molar-refractivity contribution in [3.63, 3.8) is 0 Å². The Bertz CT molecular complexity index is 375. The molecule has 0 radical (unpaired) electrons. The molecule has 1 N–H and O–H groups in total. The molecular weight excluding hydrogens is 284 g/mol. The lowest BCUT2D eigenvalue weighted by atomic mass is 10.1. The molecule has 0 aliphatic carbocycles. The SMILES string of the molecule is CC1(C)COC(CNc2cccc(Br)n2)CO1. The maximum Gasteiger partial charge on any atom is 0.127 e. The van der Waals surface area contributed by atoms with E-state index in [-0.39, 0.29) is 11.7 Å². The number of nitrogens with one attached hydrogen (secondary N) is 1. The van der Waals surface area contributed by atoms with Gasteiger partial charge < -0.3 is 14.8 Å². The maximum atomic E-state index is 5.72. The van der Waals surface area contributed by atoms with Crippen LogP contribution in [0.25, 0.3) is 0 Å². The van der Waals surface area contributed by atoms with Crippen LogP contribution in [0.4, 0.5) is 5.82 Å². The molecule has 1 aliphatic rings. The topological polar surface area (TPSA) is 43.4 Å². The largest absolute Gasteiger partial charge is 0.371 e. The van der Waals surface area contributed by atoms with Crippen LogP contribution in [0.5, 0.6) is 0 Å². The first-order chi connectivity index (χ1) is 8.05. The lowest BCUT2D eigenvalue weighted by Crippen LogP contribution is -2.44. The number of ether oxygens (including phenoxy) is 2. The molecule has 94 valence electrons. The second-order valence-electron chi connectivity index (χ2n) is 4.73. The lowest BCUT2D eigenvalue weighted by Gasteiger charge is -2.35. The van der Waals surface area contributed by atoms with Crippen LogP contribution < -0.4 is 5.32 Å². The Labute approximate surface area is 110 Å². The Kier molecular flexibility index (Phi) is 4.01. The van der Waals surface area contributed by atoms with Crippen LogP contribution in [0.1, 0.15) is 13.8 Å². The monoisotopic (exact) mass is 300 g/mol. The van der Waals surface area contributed by atoms with E-state index >= 15 is 0 Å². The van der Waals surface area contributed by atoms with E-state index in [1.165, 1.54) is 0 Å². The highest BCUT2D eigenvalue weighted by molar-refractivity contribution is 9.10. The van der Waals surface area contributed by atoms with Crippen molar-refractivity contribution in [2.75, 3.05) is 25.1 Å². The van der Waals surface area contributed by atoms with Gasteiger partial charge in [0.15, 0.2) is 0 Å². The molecule has 5 heteroatoms. The zero-order valence-corrected chi connectivity index (χ0v) is 11.7. The maximum absolute atomic E-state index is 5.72. The van der Waals surface area contributed by atoms with Crippen molar-refractivity contribution in [3.8, 4) is 0 Å². The molecule has 1 atom stereocenters. The van der Waals surface area contributed by atoms with Gasteiger partial charge in [-0.05, 0) is 41.9 Å². The summed E-state index contributed by atoms with van der Waals surface area (Å²) < 4.78 is 12.2. The Morgan fingerprint density at radius 2 is 2.35 bits per heavy atom. The highest BCUT2D eigenvalue weighted by Crippen LogP contribution is 2.18. The minimum absolute atomic E-state index is 0.0869. The summed E-state index contributed by atoms with van der Waals surface area (Å²) >= 11 is 3.34. The van der Waals surface area contributed by atoms with E-state index in [9.17, 15) is 0 Å². The molecule has 0 amide bonds. The van der Waals surface area contributed by atoms with Crippen molar-refractivity contribution in [3.05, 3.63) is 22.8 Å². The summed E-state index contributed by atoms with van der Waals surface area (Å²) in [4.78, 5) is 4.30. The summed E-state index contributed by atoms with van der Waals surface area (Å²) in [6.07, 6.45) is 0.0869. The summed E-state index contributed by atoms with van der Waals surface area (Å²) in [6, 6.07) is 5.77. The average molecular weight is 301 g/mol. The zero-order chi connectivity index (χ0) is 12.3. The van der Waals surface area contributed by atoms with Gasteiger partial charge in [0.05, 0.1) is 24.9 Å². The second kappa shape index (κ2) is 5.33. The lowest BCUT2D eigenvalue weighted by molar-refractivity contribution is -0.170. The number of nitrogens with zero attached hydrogens (tertiary/aromatic N) is 1. The van der Waals surface area contributed by atoms with E-state index in [1.54, 1.807) is 0 Å². The van der Waals surface area contributed by atoms with E-state index in [0.29, 0.717) is 19.8 Å². The van der Waals surface area contributed by atoms with Crippen LogP contribution in [-0.4, -0.2) is 36.4 Å². The first-order valence-corrected chi connectivity index (χ1v) is 6.46. The van der Waals surface area contributed by atoms with Crippen LogP contribution in [0.15, 0.2) is 22.8 Å². The number of anilines is 1. The molecule has 0 aromatic carbocycles. The van der Waals surface area contributed by atoms with Crippen LogP contribution in [-0.2, 0) is 9.47 Å². The van der Waals surface area contributed by atoms with Crippen molar-refractivity contribution in [1.29, 1.82) is 0 Å². The predicted molar refractivity (Wildman–Crippen MR) is 70.2 cm³/mol. The minimum atomic E-state index is -0.162. The standard InChI is InChI=1S/C12H17BrN2O2/c1-12(2)8-16-9(7-17-12)6-14-11-5-3-4-10(13)15-11/h3-5,9H,6-8H2,1-2H3,(H,14,15). The van der Waals surface area contributed by atoms with Gasteiger partial charge in [0, 0.05) is 6.54 Å². The number of pyridine rings is 1. The van der Waals surface area contributed by atoms with Gasteiger partial charge >= 0.3 is 0 Å². The van der Waals surface area contributed by atoms with Crippen molar-refractivity contribution < 1.29 is 9.47 Å². The van der Waals surface area contributed by atoms with Gasteiger partial charge in [-0.1, -0.05) is 6.07 Å². The van der Waals surface area contributed by atoms with Crippen LogP contribution >= 0.6 is 15.9 Å². The van der Waals surface area contributed by atoms with Crippen molar-refractivity contribution in [2.24, 2.45) is 0 Å². The molecule has 17 heavy (non-hydrogen) atoms. The molecular formula is C12H17BrN2O2. The first kappa shape index (κ1) is 12.8. The Hall–Kier alpha value is -0.650. The Balaban J connectivity index is 1.80. The van der Waals surface area contributed by atoms with E-state index in [1.807, 2.05) is 32.0 Å². The first-order valence-electron chi connectivity index (χ1n) is 5.67. The van der Waals surface area contributed by atoms with Gasteiger partial charge in [-0.2, -0.15) is 0 Å². The second-order valence-corrected chi connectivity index (χ2v) is 5.54. The molecule has 2 heterocycles. The van der Waals surface area contributed by atoms with Crippen molar-refractivity contribution >= 4 is 21.7 Å². The van der Waals surface area contributed by atoms with Gasteiger partial charge in [-0.15, -0.1) is 0 Å². The predicted octanol–water partition coefficient (Wildman–Crippen LogP) is 2.45. The molecule has 2 rings (SSSR count). The molecule has 0 bridgehead atoms. The minimum Gasteiger partial charge on any atom is -0.371 e. The molecule has 1 aromatic rings. The molecule has 0 saturated carbocycles. The zero-order valence-electron chi connectivity index (χ0n) is 10.1. The van der Waals surface area contributed by atoms with E-state index in [2.05, 4.69) is 26.2 Å². The fourth-order valence-electron chi connectivity index (χ4n) is 1.57. The smallest absolute Gasteiger partial charge is 0.127 e. The third-order valence-electron chi connectivity index (χ3n) is 2.55. The van der Waals surface area contributed by atoms with Crippen LogP contribution in [0.2, 0.25) is 0 Å². The van der Waals surface area contributed by atoms with Crippen molar-refractivity contribution in [2.45, 2.75) is 25.6 Å². The number of halogens is 1. The highest BCUT2D eigenvalue weighted by atomic mass is 79.9. The van der Waals surface area contributed by atoms with Gasteiger partial charge in [-0.25, -0.2) is 4.98 Å². The molecule has 1 unspecified atom stereocenters. The Morgan fingerprint density at radius 1 is 1.53 bits per heavy atom. The quantitative estimate of drug-likeness (QED) is 0.871.